The fourth-order valence-corrected chi connectivity index (χ4v) is 4.83. The number of benzene rings is 3. The van der Waals surface area contributed by atoms with Crippen LogP contribution in [0.5, 0.6) is 29.0 Å². The Morgan fingerprint density at radius 3 is 2.05 bits per heavy atom. The van der Waals surface area contributed by atoms with Gasteiger partial charge in [0.15, 0.2) is 0 Å². The second-order valence-electron chi connectivity index (χ2n) is 9.73. The summed E-state index contributed by atoms with van der Waals surface area (Å²) < 4.78 is 18.3. The number of fused-ring (bicyclic) bond motifs is 1. The first-order valence-electron chi connectivity index (χ1n) is 13.3. The highest BCUT2D eigenvalue weighted by Crippen LogP contribution is 2.41. The predicted molar refractivity (Wildman–Crippen MR) is 156 cm³/mol. The number of aromatic nitrogens is 2. The number of carbonyl (C=O) groups excluding carboxylic acids is 2. The standard InChI is InChI=1S/C33H26N4O5/c34-32(38)22-9-14-30(36-18-22)40-24-5-3-4-20(16-24)26-6-1-2-7-27(26)29-12-8-21-17-25(11-13-28(21)42-29)41-31-15-10-23(19-37-31)33(35)39/h1-7,9-11,13-19,29H,8,12H2,(H2,34,38)(H2,35,39). The first-order chi connectivity index (χ1) is 20.4. The van der Waals surface area contributed by atoms with Gasteiger partial charge in [0.1, 0.15) is 23.4 Å². The molecule has 0 radical (unpaired) electrons. The van der Waals surface area contributed by atoms with E-state index in [9.17, 15) is 9.59 Å². The minimum Gasteiger partial charge on any atom is -0.485 e. The molecule has 0 aliphatic carbocycles. The van der Waals surface area contributed by atoms with Gasteiger partial charge in [-0.3, -0.25) is 9.59 Å². The van der Waals surface area contributed by atoms with Crippen LogP contribution < -0.4 is 25.7 Å². The van der Waals surface area contributed by atoms with Crippen LogP contribution >= 0.6 is 0 Å². The molecule has 1 atom stereocenters. The number of nitrogens with zero attached hydrogens (tertiary/aromatic N) is 2. The Bertz CT molecular complexity index is 1770. The van der Waals surface area contributed by atoms with Gasteiger partial charge in [-0.05, 0) is 72.0 Å². The van der Waals surface area contributed by atoms with E-state index >= 15 is 0 Å². The van der Waals surface area contributed by atoms with Gasteiger partial charge in [-0.1, -0.05) is 36.4 Å². The average molecular weight is 559 g/mol. The molecule has 208 valence electrons. The molecule has 6 rings (SSSR count). The summed E-state index contributed by atoms with van der Waals surface area (Å²) in [6.07, 6.45) is 4.23. The Labute approximate surface area is 241 Å². The molecule has 3 heterocycles. The molecule has 42 heavy (non-hydrogen) atoms. The van der Waals surface area contributed by atoms with Crippen LogP contribution in [-0.4, -0.2) is 21.8 Å². The third-order valence-corrected chi connectivity index (χ3v) is 6.92. The van der Waals surface area contributed by atoms with E-state index in [1.54, 1.807) is 24.3 Å². The van der Waals surface area contributed by atoms with Gasteiger partial charge in [0.25, 0.3) is 0 Å². The van der Waals surface area contributed by atoms with Gasteiger partial charge in [0.2, 0.25) is 23.6 Å². The van der Waals surface area contributed by atoms with Crippen LogP contribution in [0.4, 0.5) is 0 Å². The van der Waals surface area contributed by atoms with Crippen LogP contribution in [-0.2, 0) is 6.42 Å². The van der Waals surface area contributed by atoms with Gasteiger partial charge >= 0.3 is 0 Å². The molecule has 9 nitrogen and oxygen atoms in total. The zero-order valence-electron chi connectivity index (χ0n) is 22.4. The number of primary amides is 2. The van der Waals surface area contributed by atoms with E-state index in [2.05, 4.69) is 22.1 Å². The van der Waals surface area contributed by atoms with Gasteiger partial charge in [0, 0.05) is 30.1 Å². The molecule has 0 bridgehead atoms. The van der Waals surface area contributed by atoms with Gasteiger partial charge in [-0.25, -0.2) is 9.97 Å². The van der Waals surface area contributed by atoms with Gasteiger partial charge < -0.3 is 25.7 Å². The molecular weight excluding hydrogens is 532 g/mol. The molecule has 0 fully saturated rings. The fourth-order valence-electron chi connectivity index (χ4n) is 4.83. The summed E-state index contributed by atoms with van der Waals surface area (Å²) in [4.78, 5) is 30.9. The maximum atomic E-state index is 11.3. The van der Waals surface area contributed by atoms with Crippen LogP contribution in [0.3, 0.4) is 0 Å². The summed E-state index contributed by atoms with van der Waals surface area (Å²) in [5, 5.41) is 0. The predicted octanol–water partition coefficient (Wildman–Crippen LogP) is 5.99. The fraction of sp³-hybridized carbons (Fsp3) is 0.0909. The van der Waals surface area contributed by atoms with E-state index < -0.39 is 11.8 Å². The number of carbonyl (C=O) groups is 2. The lowest BCUT2D eigenvalue weighted by Crippen LogP contribution is -2.16. The van der Waals surface area contributed by atoms with Crippen molar-refractivity contribution in [3.05, 3.63) is 126 Å². The lowest BCUT2D eigenvalue weighted by Gasteiger charge is -2.28. The Morgan fingerprint density at radius 1 is 0.738 bits per heavy atom. The van der Waals surface area contributed by atoms with Gasteiger partial charge in [-0.15, -0.1) is 0 Å². The normalized spacial score (nSPS) is 13.9. The minimum absolute atomic E-state index is 0.143. The van der Waals surface area contributed by atoms with Crippen molar-refractivity contribution in [1.82, 2.24) is 9.97 Å². The molecule has 2 amide bonds. The van der Waals surface area contributed by atoms with Crippen molar-refractivity contribution in [2.24, 2.45) is 11.5 Å². The highest BCUT2D eigenvalue weighted by Gasteiger charge is 2.24. The van der Waals surface area contributed by atoms with Crippen molar-refractivity contribution in [3.63, 3.8) is 0 Å². The SMILES string of the molecule is NC(=O)c1ccc(Oc2cccc(-c3ccccc3C3CCc4cc(Oc5ccc(C(N)=O)cn5)ccc4O3)c2)nc1. The maximum absolute atomic E-state index is 11.3. The molecule has 0 saturated carbocycles. The zero-order valence-corrected chi connectivity index (χ0v) is 22.4. The molecule has 1 aliphatic rings. The number of pyridine rings is 2. The largest absolute Gasteiger partial charge is 0.485 e. The summed E-state index contributed by atoms with van der Waals surface area (Å²) in [5.74, 6) is 1.69. The second kappa shape index (κ2) is 11.4. The molecule has 1 unspecified atom stereocenters. The molecule has 4 N–H and O–H groups in total. The molecule has 1 aliphatic heterocycles. The minimum atomic E-state index is -0.542. The first-order valence-corrected chi connectivity index (χ1v) is 13.3. The lowest BCUT2D eigenvalue weighted by atomic mass is 9.91. The molecular formula is C33H26N4O5. The first kappa shape index (κ1) is 26.5. The van der Waals surface area contributed by atoms with Crippen LogP contribution in [0.25, 0.3) is 11.1 Å². The van der Waals surface area contributed by atoms with Crippen molar-refractivity contribution in [3.8, 4) is 40.1 Å². The molecule has 0 saturated heterocycles. The van der Waals surface area contributed by atoms with Crippen LogP contribution in [0.1, 0.15) is 44.4 Å². The summed E-state index contributed by atoms with van der Waals surface area (Å²) in [5.41, 5.74) is 15.3. The highest BCUT2D eigenvalue weighted by molar-refractivity contribution is 5.92. The maximum Gasteiger partial charge on any atom is 0.250 e. The van der Waals surface area contributed by atoms with Crippen LogP contribution in [0.15, 0.2) is 103 Å². The van der Waals surface area contributed by atoms with E-state index in [0.717, 1.165) is 40.8 Å². The van der Waals surface area contributed by atoms with E-state index in [-0.39, 0.29) is 6.10 Å². The highest BCUT2D eigenvalue weighted by atomic mass is 16.5. The summed E-state index contributed by atoms with van der Waals surface area (Å²) >= 11 is 0. The monoisotopic (exact) mass is 558 g/mol. The van der Waals surface area contributed by atoms with Gasteiger partial charge in [-0.2, -0.15) is 0 Å². The van der Waals surface area contributed by atoms with E-state index in [0.29, 0.717) is 34.4 Å². The number of nitrogens with two attached hydrogens (primary N) is 2. The molecule has 0 spiro atoms. The van der Waals surface area contributed by atoms with Gasteiger partial charge in [0.05, 0.1) is 11.1 Å². The molecule has 2 aromatic heterocycles. The number of amides is 2. The van der Waals surface area contributed by atoms with Crippen molar-refractivity contribution >= 4 is 11.8 Å². The third-order valence-electron chi connectivity index (χ3n) is 6.92. The number of aryl methyl sites for hydroxylation is 1. The molecule has 5 aromatic rings. The van der Waals surface area contributed by atoms with Crippen LogP contribution in [0, 0.1) is 0 Å². The summed E-state index contributed by atoms with van der Waals surface area (Å²) in [7, 11) is 0. The number of hydrogen-bond donors (Lipinski definition) is 2. The number of ether oxygens (including phenoxy) is 3. The van der Waals surface area contributed by atoms with Crippen molar-refractivity contribution in [1.29, 1.82) is 0 Å². The Hall–Kier alpha value is -5.70. The number of rotatable bonds is 8. The zero-order chi connectivity index (χ0) is 29.1. The van der Waals surface area contributed by atoms with Crippen molar-refractivity contribution in [2.75, 3.05) is 0 Å². The van der Waals surface area contributed by atoms with Crippen molar-refractivity contribution < 1.29 is 23.8 Å². The summed E-state index contributed by atoms with van der Waals surface area (Å²) in [6, 6.07) is 28.0. The topological polar surface area (TPSA) is 140 Å². The second-order valence-corrected chi connectivity index (χ2v) is 9.73. The average Bonchev–Trinajstić information content (AvgIpc) is 3.01. The third kappa shape index (κ3) is 5.75. The van der Waals surface area contributed by atoms with E-state index in [1.807, 2.05) is 54.6 Å². The smallest absolute Gasteiger partial charge is 0.250 e. The van der Waals surface area contributed by atoms with E-state index in [4.69, 9.17) is 25.7 Å². The summed E-state index contributed by atoms with van der Waals surface area (Å²) in [6.45, 7) is 0. The Kier molecular flexibility index (Phi) is 7.21. The lowest BCUT2D eigenvalue weighted by molar-refractivity contribution is 0.0991. The van der Waals surface area contributed by atoms with E-state index in [1.165, 1.54) is 12.4 Å². The van der Waals surface area contributed by atoms with Crippen LogP contribution in [0.2, 0.25) is 0 Å². The van der Waals surface area contributed by atoms with Crippen molar-refractivity contribution in [2.45, 2.75) is 18.9 Å². The quantitative estimate of drug-likeness (QED) is 0.238. The molecule has 3 aromatic carbocycles. The Balaban J connectivity index is 1.19. The number of hydrogen-bond acceptors (Lipinski definition) is 7. The molecule has 9 heteroatoms. The Morgan fingerprint density at radius 2 is 1.40 bits per heavy atom.